The number of hydrogen-bond donors (Lipinski definition) is 0. The van der Waals surface area contributed by atoms with E-state index >= 15 is 0 Å². The lowest BCUT2D eigenvalue weighted by Crippen LogP contribution is -2.30. The van der Waals surface area contributed by atoms with Gasteiger partial charge in [-0.25, -0.2) is 0 Å². The number of thioether (sulfide) groups is 1. The Morgan fingerprint density at radius 1 is 1.41 bits per heavy atom. The lowest BCUT2D eigenvalue weighted by Gasteiger charge is -2.19. The van der Waals surface area contributed by atoms with Gasteiger partial charge < -0.3 is 4.74 Å². The Balaban J connectivity index is 1.94. The molecule has 2 unspecified atom stereocenters. The van der Waals surface area contributed by atoms with Crippen molar-refractivity contribution in [2.45, 2.75) is 30.0 Å². The monoisotopic (exact) mass is 262 g/mol. The van der Waals surface area contributed by atoms with Gasteiger partial charge in [-0.15, -0.1) is 11.8 Å². The molecule has 0 saturated heterocycles. The fraction of sp³-hybridized carbons (Fsp3) is 0.500. The quantitative estimate of drug-likeness (QED) is 0.818. The van der Waals surface area contributed by atoms with Crippen molar-refractivity contribution in [2.24, 2.45) is 0 Å². The highest BCUT2D eigenvalue weighted by atomic mass is 32.2. The molecule has 0 bridgehead atoms. The van der Waals surface area contributed by atoms with Crippen LogP contribution in [0.1, 0.15) is 18.4 Å². The third-order valence-electron chi connectivity index (χ3n) is 2.81. The molecule has 0 saturated carbocycles. The minimum atomic E-state index is -4.27. The molecule has 94 valence electrons. The molecule has 1 aromatic rings. The first-order chi connectivity index (χ1) is 7.98. The molecule has 1 nitrogen and oxygen atoms in total. The normalized spacial score (nSPS) is 21.3. The Morgan fingerprint density at radius 2 is 2.12 bits per heavy atom. The van der Waals surface area contributed by atoms with E-state index in [1.54, 1.807) is 11.8 Å². The number of alkyl halides is 3. The van der Waals surface area contributed by atoms with E-state index in [1.807, 2.05) is 24.3 Å². The number of rotatable bonds is 3. The molecule has 5 heteroatoms. The highest BCUT2D eigenvalue weighted by Crippen LogP contribution is 2.39. The van der Waals surface area contributed by atoms with Gasteiger partial charge in [-0.2, -0.15) is 13.2 Å². The summed E-state index contributed by atoms with van der Waals surface area (Å²) in [5.74, 6) is 0.866. The van der Waals surface area contributed by atoms with E-state index in [0.29, 0.717) is 0 Å². The highest BCUT2D eigenvalue weighted by Gasteiger charge is 2.37. The molecule has 2 atom stereocenters. The molecule has 17 heavy (non-hydrogen) atoms. The van der Waals surface area contributed by atoms with Gasteiger partial charge in [0.15, 0.2) is 6.10 Å². The van der Waals surface area contributed by atoms with Crippen LogP contribution in [-0.2, 0) is 4.74 Å². The molecule has 0 N–H and O–H groups in total. The Labute approximate surface area is 102 Å². The molecule has 0 fully saturated rings. The van der Waals surface area contributed by atoms with Gasteiger partial charge in [0.2, 0.25) is 0 Å². The van der Waals surface area contributed by atoms with Crippen molar-refractivity contribution in [3.05, 3.63) is 29.8 Å². The van der Waals surface area contributed by atoms with Crippen LogP contribution in [0.15, 0.2) is 29.2 Å². The minimum absolute atomic E-state index is 0.0704. The molecule has 0 spiro atoms. The smallest absolute Gasteiger partial charge is 0.368 e. The first kappa shape index (κ1) is 12.8. The molecule has 0 aliphatic carbocycles. The summed E-state index contributed by atoms with van der Waals surface area (Å²) in [4.78, 5) is 1.15. The Kier molecular flexibility index (Phi) is 3.68. The summed E-state index contributed by atoms with van der Waals surface area (Å²) in [6, 6.07) is 7.80. The summed E-state index contributed by atoms with van der Waals surface area (Å²) in [5.41, 5.74) is 1.10. The summed E-state index contributed by atoms with van der Waals surface area (Å²) in [6.07, 6.45) is -5.97. The standard InChI is InChI=1S/C12H13F3OS/c1-8(12(13,14)15)16-6-9-7-17-11-5-3-2-4-10(9)11/h2-5,8-9H,6-7H2,1H3. The fourth-order valence-corrected chi connectivity index (χ4v) is 2.95. The van der Waals surface area contributed by atoms with Gasteiger partial charge in [0.05, 0.1) is 6.61 Å². The molecular weight excluding hydrogens is 249 g/mol. The van der Waals surface area contributed by atoms with Gasteiger partial charge >= 0.3 is 6.18 Å². The number of halogens is 3. The molecule has 0 radical (unpaired) electrons. The summed E-state index contributed by atoms with van der Waals surface area (Å²) < 4.78 is 41.8. The average Bonchev–Trinajstić information content (AvgIpc) is 2.68. The van der Waals surface area contributed by atoms with E-state index in [0.717, 1.165) is 23.1 Å². The summed E-state index contributed by atoms with van der Waals surface area (Å²) in [6.45, 7) is 1.18. The zero-order valence-electron chi connectivity index (χ0n) is 9.33. The van der Waals surface area contributed by atoms with Crippen molar-refractivity contribution in [1.29, 1.82) is 0 Å². The zero-order valence-corrected chi connectivity index (χ0v) is 10.1. The van der Waals surface area contributed by atoms with Crippen LogP contribution in [0, 0.1) is 0 Å². The summed E-state index contributed by atoms with van der Waals surface area (Å²) in [5, 5.41) is 0. The number of ether oxygens (including phenoxy) is 1. The predicted molar refractivity (Wildman–Crippen MR) is 61.4 cm³/mol. The maximum atomic E-state index is 12.3. The van der Waals surface area contributed by atoms with E-state index in [2.05, 4.69) is 0 Å². The second kappa shape index (κ2) is 4.90. The van der Waals surface area contributed by atoms with Crippen LogP contribution < -0.4 is 0 Å². The van der Waals surface area contributed by atoms with Crippen LogP contribution in [0.3, 0.4) is 0 Å². The second-order valence-corrected chi connectivity index (χ2v) is 5.12. The van der Waals surface area contributed by atoms with E-state index < -0.39 is 12.3 Å². The van der Waals surface area contributed by atoms with E-state index in [9.17, 15) is 13.2 Å². The van der Waals surface area contributed by atoms with Gasteiger partial charge in [-0.05, 0) is 18.6 Å². The maximum absolute atomic E-state index is 12.3. The van der Waals surface area contributed by atoms with Crippen LogP contribution in [0.4, 0.5) is 13.2 Å². The third kappa shape index (κ3) is 2.96. The van der Waals surface area contributed by atoms with Gasteiger partial charge in [0.1, 0.15) is 0 Å². The van der Waals surface area contributed by atoms with Crippen LogP contribution in [0.2, 0.25) is 0 Å². The van der Waals surface area contributed by atoms with Crippen molar-refractivity contribution >= 4 is 11.8 Å². The second-order valence-electron chi connectivity index (χ2n) is 4.06. The van der Waals surface area contributed by atoms with Crippen molar-refractivity contribution in [1.82, 2.24) is 0 Å². The molecule has 1 heterocycles. The van der Waals surface area contributed by atoms with Crippen molar-refractivity contribution in [3.63, 3.8) is 0 Å². The molecular formula is C12H13F3OS. The van der Waals surface area contributed by atoms with E-state index in [1.165, 1.54) is 0 Å². The Hall–Kier alpha value is -0.680. The van der Waals surface area contributed by atoms with Gasteiger partial charge in [0.25, 0.3) is 0 Å². The first-order valence-electron chi connectivity index (χ1n) is 5.38. The van der Waals surface area contributed by atoms with Crippen LogP contribution in [0.5, 0.6) is 0 Å². The van der Waals surface area contributed by atoms with Crippen LogP contribution >= 0.6 is 11.8 Å². The zero-order chi connectivity index (χ0) is 12.5. The average molecular weight is 262 g/mol. The summed E-state index contributed by atoms with van der Waals surface area (Å²) in [7, 11) is 0. The molecule has 0 aromatic heterocycles. The molecule has 0 amide bonds. The lowest BCUT2D eigenvalue weighted by molar-refractivity contribution is -0.214. The van der Waals surface area contributed by atoms with Gasteiger partial charge in [-0.3, -0.25) is 0 Å². The maximum Gasteiger partial charge on any atom is 0.414 e. The molecule has 2 rings (SSSR count). The minimum Gasteiger partial charge on any atom is -0.368 e. The fourth-order valence-electron chi connectivity index (χ4n) is 1.72. The molecule has 1 aliphatic rings. The van der Waals surface area contributed by atoms with Crippen LogP contribution in [0.25, 0.3) is 0 Å². The van der Waals surface area contributed by atoms with Crippen molar-refractivity contribution in [3.8, 4) is 0 Å². The number of fused-ring (bicyclic) bond motifs is 1. The van der Waals surface area contributed by atoms with Crippen LogP contribution in [-0.4, -0.2) is 24.6 Å². The third-order valence-corrected chi connectivity index (χ3v) is 4.06. The Morgan fingerprint density at radius 3 is 2.82 bits per heavy atom. The van der Waals surface area contributed by atoms with Crippen molar-refractivity contribution < 1.29 is 17.9 Å². The van der Waals surface area contributed by atoms with Gasteiger partial charge in [0, 0.05) is 16.6 Å². The van der Waals surface area contributed by atoms with E-state index in [-0.39, 0.29) is 12.5 Å². The van der Waals surface area contributed by atoms with Crippen molar-refractivity contribution in [2.75, 3.05) is 12.4 Å². The summed E-state index contributed by atoms with van der Waals surface area (Å²) >= 11 is 1.67. The Bertz CT molecular complexity index is 392. The first-order valence-corrected chi connectivity index (χ1v) is 6.37. The highest BCUT2D eigenvalue weighted by molar-refractivity contribution is 7.99. The molecule has 1 aromatic carbocycles. The predicted octanol–water partition coefficient (Wildman–Crippen LogP) is 3.84. The number of benzene rings is 1. The SMILES string of the molecule is CC(OCC1CSc2ccccc21)C(F)(F)F. The topological polar surface area (TPSA) is 9.23 Å². The largest absolute Gasteiger partial charge is 0.414 e. The van der Waals surface area contributed by atoms with E-state index in [4.69, 9.17) is 4.74 Å². The molecule has 1 aliphatic heterocycles. The number of hydrogen-bond acceptors (Lipinski definition) is 2. The van der Waals surface area contributed by atoms with Gasteiger partial charge in [-0.1, -0.05) is 18.2 Å². The lowest BCUT2D eigenvalue weighted by atomic mass is 10.0.